The summed E-state index contributed by atoms with van der Waals surface area (Å²) in [7, 11) is 0. The quantitative estimate of drug-likeness (QED) is 0.858. The third kappa shape index (κ3) is 3.11. The van der Waals surface area contributed by atoms with E-state index in [2.05, 4.69) is 38.2 Å². The number of hydrogen-bond donors (Lipinski definition) is 1. The summed E-state index contributed by atoms with van der Waals surface area (Å²) in [5.74, 6) is 1.44. The van der Waals surface area contributed by atoms with Crippen molar-refractivity contribution in [2.45, 2.75) is 32.7 Å². The molecule has 0 radical (unpaired) electrons. The highest BCUT2D eigenvalue weighted by Gasteiger charge is 2.18. The maximum atomic E-state index is 6.26. The van der Waals surface area contributed by atoms with E-state index in [1.54, 1.807) is 6.07 Å². The van der Waals surface area contributed by atoms with E-state index in [0.717, 1.165) is 18.0 Å². The van der Waals surface area contributed by atoms with E-state index in [4.69, 9.17) is 21.1 Å². The zero-order chi connectivity index (χ0) is 15.0. The molecule has 21 heavy (non-hydrogen) atoms. The van der Waals surface area contributed by atoms with Crippen molar-refractivity contribution in [1.29, 1.82) is 0 Å². The second kappa shape index (κ2) is 5.43. The summed E-state index contributed by atoms with van der Waals surface area (Å²) in [5.41, 5.74) is 1.06. The number of halogens is 1. The molecule has 1 aliphatic heterocycles. The van der Waals surface area contributed by atoms with Crippen molar-refractivity contribution in [2.75, 3.05) is 12.1 Å². The molecule has 0 amide bonds. The fraction of sp³-hybridized carbons (Fsp3) is 0.375. The second-order valence-electron chi connectivity index (χ2n) is 6.05. The molecule has 1 aromatic heterocycles. The van der Waals surface area contributed by atoms with Crippen LogP contribution in [0.25, 0.3) is 0 Å². The van der Waals surface area contributed by atoms with Crippen LogP contribution in [0.4, 0.5) is 5.69 Å². The van der Waals surface area contributed by atoms with Gasteiger partial charge in [0.25, 0.3) is 0 Å². The Bertz CT molecular complexity index is 661. The number of rotatable bonds is 3. The van der Waals surface area contributed by atoms with Crippen LogP contribution in [-0.2, 0) is 12.0 Å². The van der Waals surface area contributed by atoms with Crippen molar-refractivity contribution in [3.8, 4) is 11.5 Å². The van der Waals surface area contributed by atoms with Crippen molar-refractivity contribution < 1.29 is 9.47 Å². The summed E-state index contributed by atoms with van der Waals surface area (Å²) < 4.78 is 10.7. The Kier molecular flexibility index (Phi) is 3.76. The molecule has 0 unspecified atom stereocenters. The van der Waals surface area contributed by atoms with Gasteiger partial charge in [-0.05, 0) is 17.5 Å². The molecular formula is C16H18ClNO2S. The summed E-state index contributed by atoms with van der Waals surface area (Å²) in [6, 6.07) is 8.05. The SMILES string of the molecule is CC(C)(C)c1ccc(CNc2cc3c(cc2Cl)OCO3)s1. The van der Waals surface area contributed by atoms with Crippen LogP contribution in [-0.4, -0.2) is 6.79 Å². The highest BCUT2D eigenvalue weighted by Crippen LogP contribution is 2.39. The third-order valence-corrected chi connectivity index (χ3v) is 5.14. The van der Waals surface area contributed by atoms with Crippen LogP contribution in [0.2, 0.25) is 5.02 Å². The second-order valence-corrected chi connectivity index (χ2v) is 7.63. The van der Waals surface area contributed by atoms with Gasteiger partial charge in [0.2, 0.25) is 6.79 Å². The molecule has 1 aromatic carbocycles. The van der Waals surface area contributed by atoms with Gasteiger partial charge in [0.05, 0.1) is 10.7 Å². The molecule has 2 heterocycles. The molecule has 3 rings (SSSR count). The van der Waals surface area contributed by atoms with Crippen LogP contribution in [0.15, 0.2) is 24.3 Å². The molecule has 5 heteroatoms. The zero-order valence-electron chi connectivity index (χ0n) is 12.3. The fourth-order valence-corrected chi connectivity index (χ4v) is 3.34. The number of thiophene rings is 1. The normalized spacial score (nSPS) is 13.5. The summed E-state index contributed by atoms with van der Waals surface area (Å²) in [4.78, 5) is 2.67. The largest absolute Gasteiger partial charge is 0.454 e. The Balaban J connectivity index is 1.72. The molecule has 1 N–H and O–H groups in total. The van der Waals surface area contributed by atoms with E-state index < -0.39 is 0 Å². The molecular weight excluding hydrogens is 306 g/mol. The van der Waals surface area contributed by atoms with Crippen LogP contribution in [0.5, 0.6) is 11.5 Å². The van der Waals surface area contributed by atoms with Gasteiger partial charge < -0.3 is 14.8 Å². The van der Waals surface area contributed by atoms with Gasteiger partial charge in [-0.2, -0.15) is 0 Å². The van der Waals surface area contributed by atoms with Crippen LogP contribution < -0.4 is 14.8 Å². The van der Waals surface area contributed by atoms with Gasteiger partial charge in [-0.1, -0.05) is 32.4 Å². The van der Waals surface area contributed by atoms with Crippen LogP contribution in [0, 0.1) is 0 Å². The molecule has 0 atom stereocenters. The van der Waals surface area contributed by atoms with E-state index in [1.807, 2.05) is 17.4 Å². The summed E-state index contributed by atoms with van der Waals surface area (Å²) in [6.07, 6.45) is 0. The summed E-state index contributed by atoms with van der Waals surface area (Å²) in [6.45, 7) is 7.69. The van der Waals surface area contributed by atoms with Crippen molar-refractivity contribution in [1.82, 2.24) is 0 Å². The Morgan fingerprint density at radius 2 is 1.90 bits per heavy atom. The zero-order valence-corrected chi connectivity index (χ0v) is 13.9. The molecule has 1 aliphatic rings. The molecule has 0 saturated heterocycles. The van der Waals surface area contributed by atoms with Gasteiger partial charge in [-0.25, -0.2) is 0 Å². The number of fused-ring (bicyclic) bond motifs is 1. The predicted octanol–water partition coefficient (Wildman–Crippen LogP) is 5.04. The minimum absolute atomic E-state index is 0.194. The lowest BCUT2D eigenvalue weighted by Crippen LogP contribution is -2.07. The Labute approximate surface area is 133 Å². The van der Waals surface area contributed by atoms with Crippen LogP contribution in [0.3, 0.4) is 0 Å². The summed E-state index contributed by atoms with van der Waals surface area (Å²) in [5, 5.41) is 4.01. The van der Waals surface area contributed by atoms with Gasteiger partial charge >= 0.3 is 0 Å². The Hall–Kier alpha value is -1.39. The van der Waals surface area contributed by atoms with Crippen LogP contribution >= 0.6 is 22.9 Å². The van der Waals surface area contributed by atoms with Gasteiger partial charge in [-0.15, -0.1) is 11.3 Å². The summed E-state index contributed by atoms with van der Waals surface area (Å²) >= 11 is 8.09. The first-order valence-corrected chi connectivity index (χ1v) is 8.05. The fourth-order valence-electron chi connectivity index (χ4n) is 2.11. The molecule has 0 bridgehead atoms. The molecule has 0 spiro atoms. The van der Waals surface area contributed by atoms with Gasteiger partial charge in [0.15, 0.2) is 11.5 Å². The van der Waals surface area contributed by atoms with Gasteiger partial charge in [0.1, 0.15) is 0 Å². The molecule has 2 aromatic rings. The standard InChI is InChI=1S/C16H18ClNO2S/c1-16(2,3)15-5-4-10(21-15)8-18-12-7-14-13(6-11(12)17)19-9-20-14/h4-7,18H,8-9H2,1-3H3. The average Bonchev–Trinajstić information content (AvgIpc) is 3.03. The smallest absolute Gasteiger partial charge is 0.231 e. The first-order valence-electron chi connectivity index (χ1n) is 6.86. The number of benzene rings is 1. The van der Waals surface area contributed by atoms with Gasteiger partial charge in [0, 0.05) is 28.4 Å². The Morgan fingerprint density at radius 3 is 2.57 bits per heavy atom. The van der Waals surface area contributed by atoms with E-state index >= 15 is 0 Å². The van der Waals surface area contributed by atoms with E-state index in [9.17, 15) is 0 Å². The highest BCUT2D eigenvalue weighted by atomic mass is 35.5. The number of hydrogen-bond acceptors (Lipinski definition) is 4. The number of ether oxygens (including phenoxy) is 2. The maximum absolute atomic E-state index is 6.26. The highest BCUT2D eigenvalue weighted by molar-refractivity contribution is 7.12. The molecule has 0 fully saturated rings. The van der Waals surface area contributed by atoms with E-state index in [-0.39, 0.29) is 12.2 Å². The lowest BCUT2D eigenvalue weighted by Gasteiger charge is -2.15. The van der Waals surface area contributed by atoms with E-state index in [1.165, 1.54) is 9.75 Å². The van der Waals surface area contributed by atoms with Crippen LogP contribution in [0.1, 0.15) is 30.5 Å². The average molecular weight is 324 g/mol. The molecule has 0 saturated carbocycles. The third-order valence-electron chi connectivity index (χ3n) is 3.32. The number of anilines is 1. The predicted molar refractivity (Wildman–Crippen MR) is 87.9 cm³/mol. The van der Waals surface area contributed by atoms with Crippen molar-refractivity contribution in [2.24, 2.45) is 0 Å². The minimum atomic E-state index is 0.194. The Morgan fingerprint density at radius 1 is 1.19 bits per heavy atom. The first kappa shape index (κ1) is 14.5. The topological polar surface area (TPSA) is 30.5 Å². The molecule has 112 valence electrons. The molecule has 0 aliphatic carbocycles. The monoisotopic (exact) mass is 323 g/mol. The first-order chi connectivity index (χ1) is 9.93. The minimum Gasteiger partial charge on any atom is -0.454 e. The van der Waals surface area contributed by atoms with Crippen molar-refractivity contribution in [3.05, 3.63) is 39.0 Å². The lowest BCUT2D eigenvalue weighted by atomic mass is 9.95. The number of nitrogens with one attached hydrogen (secondary N) is 1. The van der Waals surface area contributed by atoms with Crippen molar-refractivity contribution in [3.63, 3.8) is 0 Å². The van der Waals surface area contributed by atoms with Gasteiger partial charge in [-0.3, -0.25) is 0 Å². The molecule has 3 nitrogen and oxygen atoms in total. The maximum Gasteiger partial charge on any atom is 0.231 e. The lowest BCUT2D eigenvalue weighted by molar-refractivity contribution is 0.174. The van der Waals surface area contributed by atoms with E-state index in [0.29, 0.717) is 10.8 Å². The van der Waals surface area contributed by atoms with Crippen molar-refractivity contribution >= 4 is 28.6 Å².